The summed E-state index contributed by atoms with van der Waals surface area (Å²) in [5, 5.41) is 17.9. The van der Waals surface area contributed by atoms with Crippen LogP contribution in [0.15, 0.2) is 29.2 Å². The molecule has 0 fully saturated rings. The third-order valence-electron chi connectivity index (χ3n) is 2.41. The molecule has 0 atom stereocenters. The Morgan fingerprint density at radius 1 is 1.16 bits per heavy atom. The van der Waals surface area contributed by atoms with Crippen molar-refractivity contribution < 1.29 is 19.8 Å². The molecule has 0 aliphatic heterocycles. The highest BCUT2D eigenvalue weighted by molar-refractivity contribution is 8.00. The van der Waals surface area contributed by atoms with Crippen LogP contribution >= 0.6 is 11.8 Å². The molecule has 0 spiro atoms. The number of rotatable bonds is 5. The van der Waals surface area contributed by atoms with Crippen molar-refractivity contribution >= 4 is 23.7 Å². The molecular formula is C14H18O4S. The van der Waals surface area contributed by atoms with E-state index in [1.54, 1.807) is 23.9 Å². The number of carboxylic acid groups (broad SMARTS) is 2. The quantitative estimate of drug-likeness (QED) is 0.641. The first-order valence-electron chi connectivity index (χ1n) is 5.93. The summed E-state index contributed by atoms with van der Waals surface area (Å²) in [5.41, 5.74) is 0.761. The molecule has 0 radical (unpaired) electrons. The van der Waals surface area contributed by atoms with E-state index in [1.807, 2.05) is 12.1 Å². The van der Waals surface area contributed by atoms with Gasteiger partial charge in [0.25, 0.3) is 0 Å². The fourth-order valence-electron chi connectivity index (χ4n) is 1.60. The minimum absolute atomic E-state index is 0.00389. The number of benzene rings is 1. The molecular weight excluding hydrogens is 264 g/mol. The molecule has 0 saturated carbocycles. The summed E-state index contributed by atoms with van der Waals surface area (Å²) in [4.78, 5) is 22.8. The molecule has 0 saturated heterocycles. The first-order valence-corrected chi connectivity index (χ1v) is 6.75. The van der Waals surface area contributed by atoms with E-state index in [0.717, 1.165) is 10.5 Å². The Hall–Kier alpha value is -1.49. The molecule has 0 aromatic heterocycles. The molecule has 19 heavy (non-hydrogen) atoms. The zero-order valence-corrected chi connectivity index (χ0v) is 12.0. The predicted octanol–water partition coefficient (Wildman–Crippen LogP) is 2.91. The zero-order chi connectivity index (χ0) is 14.6. The summed E-state index contributed by atoms with van der Waals surface area (Å²) in [6.07, 6.45) is 0.00389. The number of hydrogen-bond donors (Lipinski definition) is 2. The molecule has 0 unspecified atom stereocenters. The second-order valence-electron chi connectivity index (χ2n) is 5.26. The maximum absolute atomic E-state index is 11.0. The first-order chi connectivity index (χ1) is 8.70. The van der Waals surface area contributed by atoms with Crippen LogP contribution < -0.4 is 0 Å². The van der Waals surface area contributed by atoms with Crippen LogP contribution in [0.5, 0.6) is 0 Å². The Morgan fingerprint density at radius 2 is 1.68 bits per heavy atom. The van der Waals surface area contributed by atoms with Gasteiger partial charge in [0.15, 0.2) is 5.92 Å². The van der Waals surface area contributed by atoms with Crippen molar-refractivity contribution in [2.24, 2.45) is 5.92 Å². The molecule has 1 aromatic carbocycles. The summed E-state index contributed by atoms with van der Waals surface area (Å²) in [7, 11) is 0. The average molecular weight is 282 g/mol. The topological polar surface area (TPSA) is 74.6 Å². The van der Waals surface area contributed by atoms with E-state index in [9.17, 15) is 9.59 Å². The molecule has 0 amide bonds. The van der Waals surface area contributed by atoms with Gasteiger partial charge in [0.1, 0.15) is 0 Å². The third kappa shape index (κ3) is 4.95. The lowest BCUT2D eigenvalue weighted by Crippen LogP contribution is -2.25. The maximum Gasteiger partial charge on any atom is 0.318 e. The Bertz CT molecular complexity index is 463. The van der Waals surface area contributed by atoms with Gasteiger partial charge >= 0.3 is 11.9 Å². The molecule has 2 N–H and O–H groups in total. The van der Waals surface area contributed by atoms with Crippen molar-refractivity contribution in [3.05, 3.63) is 29.8 Å². The second kappa shape index (κ2) is 6.10. The highest BCUT2D eigenvalue weighted by Gasteiger charge is 2.27. The number of aliphatic carboxylic acids is 2. The van der Waals surface area contributed by atoms with Crippen LogP contribution in [0.25, 0.3) is 0 Å². The van der Waals surface area contributed by atoms with E-state index in [2.05, 4.69) is 20.8 Å². The Kier molecular flexibility index (Phi) is 5.00. The summed E-state index contributed by atoms with van der Waals surface area (Å²) in [6, 6.07) is 7.34. The van der Waals surface area contributed by atoms with Gasteiger partial charge in [0, 0.05) is 9.64 Å². The SMILES string of the molecule is CC(C)(C)Sc1ccccc1CC(C(=O)O)C(=O)O. The highest BCUT2D eigenvalue weighted by Crippen LogP contribution is 2.34. The number of thioether (sulfide) groups is 1. The van der Waals surface area contributed by atoms with E-state index in [-0.39, 0.29) is 11.2 Å². The zero-order valence-electron chi connectivity index (χ0n) is 11.2. The first kappa shape index (κ1) is 15.6. The van der Waals surface area contributed by atoms with E-state index in [0.29, 0.717) is 0 Å². The second-order valence-corrected chi connectivity index (χ2v) is 7.12. The Balaban J connectivity index is 3.00. The molecule has 0 bridgehead atoms. The Morgan fingerprint density at radius 3 is 2.16 bits per heavy atom. The Labute approximate surface area is 116 Å². The average Bonchev–Trinajstić information content (AvgIpc) is 2.24. The van der Waals surface area contributed by atoms with Gasteiger partial charge in [-0.2, -0.15) is 0 Å². The lowest BCUT2D eigenvalue weighted by atomic mass is 10.00. The van der Waals surface area contributed by atoms with Crippen LogP contribution in [0.1, 0.15) is 26.3 Å². The monoisotopic (exact) mass is 282 g/mol. The highest BCUT2D eigenvalue weighted by atomic mass is 32.2. The van der Waals surface area contributed by atoms with Crippen molar-refractivity contribution in [3.8, 4) is 0 Å². The lowest BCUT2D eigenvalue weighted by molar-refractivity contribution is -0.154. The van der Waals surface area contributed by atoms with Crippen molar-refractivity contribution in [1.29, 1.82) is 0 Å². The van der Waals surface area contributed by atoms with Gasteiger partial charge in [-0.1, -0.05) is 39.0 Å². The minimum Gasteiger partial charge on any atom is -0.481 e. The summed E-state index contributed by atoms with van der Waals surface area (Å²) < 4.78 is -0.0158. The van der Waals surface area contributed by atoms with Gasteiger partial charge in [0.05, 0.1) is 0 Å². The van der Waals surface area contributed by atoms with E-state index in [1.165, 1.54) is 0 Å². The van der Waals surface area contributed by atoms with Crippen LogP contribution in [0.4, 0.5) is 0 Å². The summed E-state index contributed by atoms with van der Waals surface area (Å²) in [5.74, 6) is -4.01. The normalized spacial score (nSPS) is 11.6. The van der Waals surface area contributed by atoms with Gasteiger partial charge in [-0.3, -0.25) is 9.59 Å². The fraction of sp³-hybridized carbons (Fsp3) is 0.429. The standard InChI is InChI=1S/C14H18O4S/c1-14(2,3)19-11-7-5-4-6-9(11)8-10(12(15)16)13(17)18/h4-7,10H,8H2,1-3H3,(H,15,16)(H,17,18). The number of carbonyl (C=O) groups is 2. The third-order valence-corrected chi connectivity index (χ3v) is 3.64. The molecule has 1 rings (SSSR count). The van der Waals surface area contributed by atoms with Crippen LogP contribution in [0.3, 0.4) is 0 Å². The van der Waals surface area contributed by atoms with Crippen LogP contribution in [-0.4, -0.2) is 26.9 Å². The van der Waals surface area contributed by atoms with Gasteiger partial charge in [-0.15, -0.1) is 11.8 Å². The molecule has 0 aliphatic carbocycles. The van der Waals surface area contributed by atoms with Gasteiger partial charge < -0.3 is 10.2 Å². The minimum atomic E-state index is -1.40. The van der Waals surface area contributed by atoms with Crippen LogP contribution in [-0.2, 0) is 16.0 Å². The van der Waals surface area contributed by atoms with Crippen molar-refractivity contribution in [2.45, 2.75) is 36.8 Å². The molecule has 0 aliphatic rings. The predicted molar refractivity (Wildman–Crippen MR) is 74.5 cm³/mol. The lowest BCUT2D eigenvalue weighted by Gasteiger charge is -2.20. The molecule has 104 valence electrons. The molecule has 1 aromatic rings. The largest absolute Gasteiger partial charge is 0.481 e. The smallest absolute Gasteiger partial charge is 0.318 e. The molecule has 4 nitrogen and oxygen atoms in total. The van der Waals surface area contributed by atoms with E-state index >= 15 is 0 Å². The number of carboxylic acids is 2. The van der Waals surface area contributed by atoms with E-state index in [4.69, 9.17) is 10.2 Å². The summed E-state index contributed by atoms with van der Waals surface area (Å²) in [6.45, 7) is 6.17. The van der Waals surface area contributed by atoms with Crippen molar-refractivity contribution in [1.82, 2.24) is 0 Å². The van der Waals surface area contributed by atoms with E-state index < -0.39 is 17.9 Å². The number of hydrogen-bond acceptors (Lipinski definition) is 3. The fourth-order valence-corrected chi connectivity index (χ4v) is 2.69. The molecule has 0 heterocycles. The van der Waals surface area contributed by atoms with Gasteiger partial charge in [0.2, 0.25) is 0 Å². The van der Waals surface area contributed by atoms with Gasteiger partial charge in [-0.05, 0) is 18.1 Å². The van der Waals surface area contributed by atoms with Crippen molar-refractivity contribution in [3.63, 3.8) is 0 Å². The molecule has 5 heteroatoms. The van der Waals surface area contributed by atoms with Gasteiger partial charge in [-0.25, -0.2) is 0 Å². The van der Waals surface area contributed by atoms with Crippen LogP contribution in [0.2, 0.25) is 0 Å². The summed E-state index contributed by atoms with van der Waals surface area (Å²) >= 11 is 1.61. The van der Waals surface area contributed by atoms with Crippen LogP contribution in [0, 0.1) is 5.92 Å². The van der Waals surface area contributed by atoms with Crippen molar-refractivity contribution in [2.75, 3.05) is 0 Å². The maximum atomic E-state index is 11.0.